The minimum atomic E-state index is -0.312. The van der Waals surface area contributed by atoms with Crippen LogP contribution in [0.5, 0.6) is 0 Å². The van der Waals surface area contributed by atoms with Crippen LogP contribution in [0.4, 0.5) is 4.39 Å². The first kappa shape index (κ1) is 18.1. The number of amides is 1. The van der Waals surface area contributed by atoms with Crippen molar-refractivity contribution < 1.29 is 13.9 Å². The highest BCUT2D eigenvalue weighted by molar-refractivity contribution is 9.10. The molecule has 1 amide bonds. The minimum absolute atomic E-state index is 0.0600. The van der Waals surface area contributed by atoms with E-state index < -0.39 is 0 Å². The van der Waals surface area contributed by atoms with E-state index in [9.17, 15) is 9.18 Å². The zero-order valence-corrected chi connectivity index (χ0v) is 15.8. The van der Waals surface area contributed by atoms with E-state index in [1.807, 2.05) is 24.6 Å². The zero-order valence-electron chi connectivity index (χ0n) is 14.2. The average molecular weight is 410 g/mol. The third kappa shape index (κ3) is 3.93. The van der Waals surface area contributed by atoms with Crippen LogP contribution in [0.1, 0.15) is 43.7 Å². The molecule has 1 fully saturated rings. The van der Waals surface area contributed by atoms with Gasteiger partial charge in [-0.15, -0.1) is 0 Å². The summed E-state index contributed by atoms with van der Waals surface area (Å²) in [5, 5.41) is 7.27. The van der Waals surface area contributed by atoms with Crippen molar-refractivity contribution in [1.82, 2.24) is 15.1 Å². The number of benzene rings is 1. The first-order valence-electron chi connectivity index (χ1n) is 8.34. The van der Waals surface area contributed by atoms with E-state index in [4.69, 9.17) is 4.74 Å². The quantitative estimate of drug-likeness (QED) is 0.817. The first-order chi connectivity index (χ1) is 12.0. The monoisotopic (exact) mass is 409 g/mol. The van der Waals surface area contributed by atoms with Gasteiger partial charge in [0.2, 0.25) is 5.91 Å². The molecule has 1 N–H and O–H groups in total. The van der Waals surface area contributed by atoms with Crippen molar-refractivity contribution in [2.75, 3.05) is 6.61 Å². The van der Waals surface area contributed by atoms with Gasteiger partial charge in [-0.25, -0.2) is 4.39 Å². The van der Waals surface area contributed by atoms with Gasteiger partial charge in [-0.1, -0.05) is 22.0 Å². The molecule has 2 atom stereocenters. The van der Waals surface area contributed by atoms with Gasteiger partial charge < -0.3 is 10.1 Å². The molecule has 3 rings (SSSR count). The molecule has 1 aliphatic rings. The van der Waals surface area contributed by atoms with Crippen molar-refractivity contribution in [1.29, 1.82) is 0 Å². The van der Waals surface area contributed by atoms with E-state index >= 15 is 0 Å². The Morgan fingerprint density at radius 2 is 2.28 bits per heavy atom. The van der Waals surface area contributed by atoms with Crippen LogP contribution < -0.4 is 5.32 Å². The molecule has 7 heteroatoms. The van der Waals surface area contributed by atoms with Crippen LogP contribution in [-0.4, -0.2) is 22.3 Å². The van der Waals surface area contributed by atoms with E-state index in [1.165, 1.54) is 12.1 Å². The number of carbonyl (C=O) groups excluding carboxylic acids is 1. The summed E-state index contributed by atoms with van der Waals surface area (Å²) in [6.07, 6.45) is 2.12. The zero-order chi connectivity index (χ0) is 18.0. The van der Waals surface area contributed by atoms with Crippen molar-refractivity contribution in [3.63, 3.8) is 0 Å². The van der Waals surface area contributed by atoms with Crippen molar-refractivity contribution in [2.45, 2.75) is 39.0 Å². The Kier molecular flexibility index (Phi) is 5.54. The highest BCUT2D eigenvalue weighted by Crippen LogP contribution is 2.35. The van der Waals surface area contributed by atoms with Crippen LogP contribution in [0.2, 0.25) is 0 Å². The second-order valence-corrected chi connectivity index (χ2v) is 7.29. The molecular weight excluding hydrogens is 389 g/mol. The Labute approximate surface area is 154 Å². The van der Waals surface area contributed by atoms with Crippen molar-refractivity contribution in [3.8, 4) is 0 Å². The Hall–Kier alpha value is -1.73. The summed E-state index contributed by atoms with van der Waals surface area (Å²) in [6.45, 7) is 4.98. The predicted octanol–water partition coefficient (Wildman–Crippen LogP) is 3.76. The van der Waals surface area contributed by atoms with Gasteiger partial charge in [-0.05, 0) is 44.0 Å². The number of ether oxygens (including phenoxy) is 1. The summed E-state index contributed by atoms with van der Waals surface area (Å²) in [5.41, 5.74) is 1.76. The number of hydrogen-bond acceptors (Lipinski definition) is 3. The van der Waals surface area contributed by atoms with Gasteiger partial charge in [0.25, 0.3) is 0 Å². The summed E-state index contributed by atoms with van der Waals surface area (Å²) < 4.78 is 21.5. The molecule has 1 saturated heterocycles. The fourth-order valence-corrected chi connectivity index (χ4v) is 3.60. The van der Waals surface area contributed by atoms with Gasteiger partial charge in [0.05, 0.1) is 11.6 Å². The lowest BCUT2D eigenvalue weighted by Crippen LogP contribution is -2.32. The third-order valence-electron chi connectivity index (χ3n) is 4.38. The molecule has 0 saturated carbocycles. The van der Waals surface area contributed by atoms with Crippen molar-refractivity contribution in [2.24, 2.45) is 5.92 Å². The smallest absolute Gasteiger partial charge is 0.226 e. The summed E-state index contributed by atoms with van der Waals surface area (Å²) in [7, 11) is 0. The number of carbonyl (C=O) groups is 1. The van der Waals surface area contributed by atoms with Gasteiger partial charge >= 0.3 is 0 Å². The lowest BCUT2D eigenvalue weighted by atomic mass is 9.97. The molecule has 5 nitrogen and oxygen atoms in total. The van der Waals surface area contributed by atoms with Crippen LogP contribution in [0.3, 0.4) is 0 Å². The molecule has 0 radical (unpaired) electrons. The van der Waals surface area contributed by atoms with Crippen LogP contribution in [-0.2, 0) is 16.1 Å². The first-order valence-corrected chi connectivity index (χ1v) is 9.13. The van der Waals surface area contributed by atoms with E-state index in [2.05, 4.69) is 26.3 Å². The van der Waals surface area contributed by atoms with E-state index in [0.29, 0.717) is 24.0 Å². The second kappa shape index (κ2) is 7.66. The maximum absolute atomic E-state index is 13.2. The molecule has 25 heavy (non-hydrogen) atoms. The second-order valence-electron chi connectivity index (χ2n) is 6.43. The summed E-state index contributed by atoms with van der Waals surface area (Å²) in [5.74, 6) is -0.628. The van der Waals surface area contributed by atoms with Crippen LogP contribution >= 0.6 is 15.9 Å². The highest BCUT2D eigenvalue weighted by Gasteiger charge is 2.37. The highest BCUT2D eigenvalue weighted by atomic mass is 79.9. The number of hydrogen-bond donors (Lipinski definition) is 1. The molecular formula is C18H21BrFN3O2. The molecule has 0 bridgehead atoms. The maximum Gasteiger partial charge on any atom is 0.226 e. The Balaban J connectivity index is 1.69. The molecule has 1 aromatic heterocycles. The third-order valence-corrected chi connectivity index (χ3v) is 5.12. The van der Waals surface area contributed by atoms with Crippen LogP contribution in [0.25, 0.3) is 0 Å². The number of aromatic nitrogens is 2. The van der Waals surface area contributed by atoms with Gasteiger partial charge in [0.1, 0.15) is 11.9 Å². The Morgan fingerprint density at radius 1 is 1.48 bits per heavy atom. The van der Waals surface area contributed by atoms with E-state index in [-0.39, 0.29) is 29.8 Å². The largest absolute Gasteiger partial charge is 0.371 e. The molecule has 0 unspecified atom stereocenters. The lowest BCUT2D eigenvalue weighted by Gasteiger charge is -2.21. The molecule has 0 aliphatic carbocycles. The van der Waals surface area contributed by atoms with Gasteiger partial charge in [-0.3, -0.25) is 9.48 Å². The molecule has 1 aromatic carbocycles. The topological polar surface area (TPSA) is 56.2 Å². The lowest BCUT2D eigenvalue weighted by molar-refractivity contribution is -0.127. The van der Waals surface area contributed by atoms with E-state index in [1.54, 1.807) is 12.3 Å². The minimum Gasteiger partial charge on any atom is -0.371 e. The number of nitrogens with one attached hydrogen (secondary N) is 1. The standard InChI is InChI=1S/C18H21BrFN3O2/c1-11(2)23-16(5-7-22-23)17-14(6-8-25-17)18(24)21-10-12-3-4-13(20)9-15(12)19/h3-5,7,9,11,14,17H,6,8,10H2,1-2H3,(H,21,24)/t14-,17-/m0/s1. The van der Waals surface area contributed by atoms with Crippen LogP contribution in [0.15, 0.2) is 34.9 Å². The molecule has 2 heterocycles. The molecule has 2 aromatic rings. The number of halogens is 2. The predicted molar refractivity (Wildman–Crippen MR) is 95.4 cm³/mol. The van der Waals surface area contributed by atoms with Crippen molar-refractivity contribution >= 4 is 21.8 Å². The van der Waals surface area contributed by atoms with Gasteiger partial charge in [0.15, 0.2) is 0 Å². The number of nitrogens with zero attached hydrogens (tertiary/aromatic N) is 2. The SMILES string of the molecule is CC(C)n1nccc1[C@H]1OCC[C@@H]1C(=O)NCc1ccc(F)cc1Br. The van der Waals surface area contributed by atoms with Gasteiger partial charge in [-0.2, -0.15) is 5.10 Å². The molecule has 134 valence electrons. The Morgan fingerprint density at radius 3 is 3.00 bits per heavy atom. The van der Waals surface area contributed by atoms with Gasteiger partial charge in [0, 0.05) is 29.9 Å². The molecule has 0 spiro atoms. The normalized spacial score (nSPS) is 20.2. The fraction of sp³-hybridized carbons (Fsp3) is 0.444. The summed E-state index contributed by atoms with van der Waals surface area (Å²) in [6, 6.07) is 6.55. The van der Waals surface area contributed by atoms with Crippen LogP contribution in [0, 0.1) is 11.7 Å². The summed E-state index contributed by atoms with van der Waals surface area (Å²) in [4.78, 5) is 12.7. The average Bonchev–Trinajstić information content (AvgIpc) is 3.22. The van der Waals surface area contributed by atoms with Crippen molar-refractivity contribution in [3.05, 3.63) is 52.0 Å². The molecule has 1 aliphatic heterocycles. The maximum atomic E-state index is 13.2. The fourth-order valence-electron chi connectivity index (χ4n) is 3.11. The Bertz CT molecular complexity index is 763. The van der Waals surface area contributed by atoms with E-state index in [0.717, 1.165) is 11.3 Å². The number of rotatable bonds is 5. The summed E-state index contributed by atoms with van der Waals surface area (Å²) >= 11 is 3.32.